The van der Waals surface area contributed by atoms with Crippen LogP contribution in [-0.4, -0.2) is 24.6 Å². The van der Waals surface area contributed by atoms with Crippen molar-refractivity contribution in [3.63, 3.8) is 0 Å². The van der Waals surface area contributed by atoms with E-state index in [-0.39, 0.29) is 0 Å². The van der Waals surface area contributed by atoms with E-state index in [1.165, 1.54) is 6.26 Å². The standard InChI is InChI=1S/C12H14BrN5O2S/c1-21(19,20)9-4-2-8(3-5-9)6-15-11-10(13)7-16-12(17-11)18-14/h2-5,7H,6,14H2,1H3,(H2,15,16,17,18). The van der Waals surface area contributed by atoms with Gasteiger partial charge in [0.15, 0.2) is 9.84 Å². The van der Waals surface area contributed by atoms with E-state index in [9.17, 15) is 8.42 Å². The van der Waals surface area contributed by atoms with Crippen LogP contribution in [0.4, 0.5) is 11.8 Å². The number of rotatable bonds is 5. The highest BCUT2D eigenvalue weighted by atomic mass is 79.9. The minimum Gasteiger partial charge on any atom is -0.365 e. The van der Waals surface area contributed by atoms with Gasteiger partial charge in [-0.3, -0.25) is 5.43 Å². The van der Waals surface area contributed by atoms with Gasteiger partial charge in [-0.15, -0.1) is 0 Å². The second-order valence-electron chi connectivity index (χ2n) is 4.30. The minimum absolute atomic E-state index is 0.295. The highest BCUT2D eigenvalue weighted by Gasteiger charge is 2.07. The maximum absolute atomic E-state index is 11.4. The Labute approximate surface area is 131 Å². The SMILES string of the molecule is CS(=O)(=O)c1ccc(CNc2nc(NN)ncc2Br)cc1. The van der Waals surface area contributed by atoms with Crippen molar-refractivity contribution in [2.24, 2.45) is 5.84 Å². The number of benzene rings is 1. The molecule has 4 N–H and O–H groups in total. The summed E-state index contributed by atoms with van der Waals surface area (Å²) < 4.78 is 23.5. The van der Waals surface area contributed by atoms with Gasteiger partial charge >= 0.3 is 0 Å². The Balaban J connectivity index is 2.10. The van der Waals surface area contributed by atoms with Crippen molar-refractivity contribution in [3.8, 4) is 0 Å². The van der Waals surface area contributed by atoms with Crippen LogP contribution in [-0.2, 0) is 16.4 Å². The molecule has 112 valence electrons. The van der Waals surface area contributed by atoms with Gasteiger partial charge < -0.3 is 5.32 Å². The molecule has 1 heterocycles. The number of hydrogen-bond acceptors (Lipinski definition) is 7. The first-order chi connectivity index (χ1) is 9.90. The Hall–Kier alpha value is -1.71. The number of hydrogen-bond donors (Lipinski definition) is 3. The van der Waals surface area contributed by atoms with Crippen molar-refractivity contribution in [2.75, 3.05) is 17.0 Å². The van der Waals surface area contributed by atoms with Crippen LogP contribution in [0.2, 0.25) is 0 Å². The monoisotopic (exact) mass is 371 g/mol. The summed E-state index contributed by atoms with van der Waals surface area (Å²) in [7, 11) is -3.17. The van der Waals surface area contributed by atoms with Gasteiger partial charge in [0.05, 0.1) is 9.37 Å². The third-order valence-corrected chi connectivity index (χ3v) is 4.39. The number of halogens is 1. The number of nitrogens with one attached hydrogen (secondary N) is 2. The molecule has 21 heavy (non-hydrogen) atoms. The van der Waals surface area contributed by atoms with E-state index in [1.54, 1.807) is 30.5 Å². The number of anilines is 2. The lowest BCUT2D eigenvalue weighted by Gasteiger charge is -2.09. The second-order valence-corrected chi connectivity index (χ2v) is 7.17. The van der Waals surface area contributed by atoms with Crippen LogP contribution in [0.5, 0.6) is 0 Å². The molecule has 0 amide bonds. The van der Waals surface area contributed by atoms with Crippen LogP contribution in [0, 0.1) is 0 Å². The van der Waals surface area contributed by atoms with E-state index < -0.39 is 9.84 Å². The molecule has 7 nitrogen and oxygen atoms in total. The number of aromatic nitrogens is 2. The lowest BCUT2D eigenvalue weighted by Crippen LogP contribution is -2.12. The Bertz CT molecular complexity index is 734. The summed E-state index contributed by atoms with van der Waals surface area (Å²) >= 11 is 3.34. The molecule has 0 aliphatic rings. The van der Waals surface area contributed by atoms with Crippen LogP contribution >= 0.6 is 15.9 Å². The maximum Gasteiger partial charge on any atom is 0.239 e. The summed E-state index contributed by atoms with van der Waals surface area (Å²) in [6, 6.07) is 6.66. The van der Waals surface area contributed by atoms with Crippen molar-refractivity contribution >= 4 is 37.5 Å². The summed E-state index contributed by atoms with van der Waals surface area (Å²) in [6.45, 7) is 0.490. The topological polar surface area (TPSA) is 110 Å². The maximum atomic E-state index is 11.4. The van der Waals surface area contributed by atoms with E-state index in [4.69, 9.17) is 5.84 Å². The largest absolute Gasteiger partial charge is 0.365 e. The second kappa shape index (κ2) is 6.37. The van der Waals surface area contributed by atoms with E-state index in [2.05, 4.69) is 36.6 Å². The molecule has 0 aliphatic carbocycles. The average molecular weight is 372 g/mol. The number of hydrazine groups is 1. The van der Waals surface area contributed by atoms with Crippen LogP contribution in [0.3, 0.4) is 0 Å². The van der Waals surface area contributed by atoms with E-state index in [0.717, 1.165) is 5.56 Å². The summed E-state index contributed by atoms with van der Waals surface area (Å²) in [5.74, 6) is 6.15. The predicted octanol–water partition coefficient (Wildman–Crippen LogP) is 1.54. The fraction of sp³-hybridized carbons (Fsp3) is 0.167. The molecule has 0 bridgehead atoms. The molecule has 0 fully saturated rings. The first kappa shape index (κ1) is 15.7. The third kappa shape index (κ3) is 4.13. The van der Waals surface area contributed by atoms with Crippen molar-refractivity contribution in [1.82, 2.24) is 9.97 Å². The lowest BCUT2D eigenvalue weighted by atomic mass is 10.2. The molecule has 2 aromatic rings. The van der Waals surface area contributed by atoms with Crippen molar-refractivity contribution in [2.45, 2.75) is 11.4 Å². The summed E-state index contributed by atoms with van der Waals surface area (Å²) in [5, 5.41) is 3.12. The molecule has 0 aliphatic heterocycles. The first-order valence-electron chi connectivity index (χ1n) is 5.92. The Morgan fingerprint density at radius 2 is 1.95 bits per heavy atom. The van der Waals surface area contributed by atoms with Crippen LogP contribution in [0.25, 0.3) is 0 Å². The Kier molecular flexibility index (Phi) is 4.76. The van der Waals surface area contributed by atoms with Crippen LogP contribution < -0.4 is 16.6 Å². The highest BCUT2D eigenvalue weighted by Crippen LogP contribution is 2.20. The molecule has 0 spiro atoms. The normalized spacial score (nSPS) is 11.2. The third-order valence-electron chi connectivity index (χ3n) is 2.68. The molecule has 1 aromatic carbocycles. The smallest absolute Gasteiger partial charge is 0.239 e. The average Bonchev–Trinajstić information content (AvgIpc) is 2.46. The molecule has 0 saturated carbocycles. The zero-order chi connectivity index (χ0) is 15.5. The van der Waals surface area contributed by atoms with Gasteiger partial charge in [0.2, 0.25) is 5.95 Å². The van der Waals surface area contributed by atoms with Crippen molar-refractivity contribution in [3.05, 3.63) is 40.5 Å². The fourth-order valence-electron chi connectivity index (χ4n) is 1.60. The van der Waals surface area contributed by atoms with Gasteiger partial charge in [0.25, 0.3) is 0 Å². The van der Waals surface area contributed by atoms with Crippen molar-refractivity contribution < 1.29 is 8.42 Å². The molecule has 9 heteroatoms. The molecule has 0 atom stereocenters. The van der Waals surface area contributed by atoms with Gasteiger partial charge in [0.1, 0.15) is 5.82 Å². The Morgan fingerprint density at radius 1 is 1.29 bits per heavy atom. The van der Waals surface area contributed by atoms with E-state index in [1.807, 2.05) is 0 Å². The van der Waals surface area contributed by atoms with Crippen LogP contribution in [0.15, 0.2) is 39.8 Å². The first-order valence-corrected chi connectivity index (χ1v) is 8.60. The zero-order valence-electron chi connectivity index (χ0n) is 11.2. The van der Waals surface area contributed by atoms with Gasteiger partial charge in [-0.1, -0.05) is 12.1 Å². The highest BCUT2D eigenvalue weighted by molar-refractivity contribution is 9.10. The van der Waals surface area contributed by atoms with Gasteiger partial charge in [0, 0.05) is 19.0 Å². The number of nitrogen functional groups attached to an aromatic ring is 1. The number of nitrogens with two attached hydrogens (primary N) is 1. The molecule has 0 saturated heterocycles. The molecule has 0 radical (unpaired) electrons. The molecule has 0 unspecified atom stereocenters. The number of nitrogens with zero attached hydrogens (tertiary/aromatic N) is 2. The molecular weight excluding hydrogens is 358 g/mol. The summed E-state index contributed by atoms with van der Waals surface area (Å²) in [6.07, 6.45) is 2.76. The summed E-state index contributed by atoms with van der Waals surface area (Å²) in [4.78, 5) is 8.41. The minimum atomic E-state index is -3.17. The quantitative estimate of drug-likeness (QED) is 0.539. The van der Waals surface area contributed by atoms with Gasteiger partial charge in [-0.2, -0.15) is 4.98 Å². The predicted molar refractivity (Wildman–Crippen MR) is 84.4 cm³/mol. The number of sulfone groups is 1. The zero-order valence-corrected chi connectivity index (χ0v) is 13.6. The molecule has 2 rings (SSSR count). The Morgan fingerprint density at radius 3 is 2.52 bits per heavy atom. The summed E-state index contributed by atoms with van der Waals surface area (Å²) in [5.41, 5.74) is 3.29. The van der Waals surface area contributed by atoms with Crippen molar-refractivity contribution in [1.29, 1.82) is 0 Å². The van der Waals surface area contributed by atoms with E-state index in [0.29, 0.717) is 27.7 Å². The lowest BCUT2D eigenvalue weighted by molar-refractivity contribution is 0.602. The molecule has 1 aromatic heterocycles. The van der Waals surface area contributed by atoms with Gasteiger partial charge in [-0.05, 0) is 33.6 Å². The van der Waals surface area contributed by atoms with Gasteiger partial charge in [-0.25, -0.2) is 19.2 Å². The van der Waals surface area contributed by atoms with Crippen LogP contribution in [0.1, 0.15) is 5.56 Å². The fourth-order valence-corrected chi connectivity index (χ4v) is 2.56. The molecular formula is C12H14BrN5O2S. The van der Waals surface area contributed by atoms with E-state index >= 15 is 0 Å².